The van der Waals surface area contributed by atoms with Gasteiger partial charge in [0.05, 0.1) is 25.2 Å². The molecule has 1 heterocycles. The minimum atomic E-state index is -0.195. The first-order valence-electron chi connectivity index (χ1n) is 9.75. The van der Waals surface area contributed by atoms with Crippen LogP contribution in [0.15, 0.2) is 79.5 Å². The van der Waals surface area contributed by atoms with Gasteiger partial charge in [0.15, 0.2) is 5.17 Å². The highest BCUT2D eigenvalue weighted by molar-refractivity contribution is 9.11. The van der Waals surface area contributed by atoms with Gasteiger partial charge in [-0.25, -0.2) is 4.99 Å². The molecular formula is C25H14Br2Cl2N2O2S. The molecule has 1 saturated heterocycles. The van der Waals surface area contributed by atoms with Crippen LogP contribution in [-0.2, 0) is 4.79 Å². The average Bonchev–Trinajstić information content (AvgIpc) is 3.10. The van der Waals surface area contributed by atoms with E-state index in [1.807, 2.05) is 12.1 Å². The van der Waals surface area contributed by atoms with Crippen molar-refractivity contribution in [1.29, 1.82) is 0 Å². The molecule has 0 radical (unpaired) electrons. The number of thioether (sulfide) groups is 1. The lowest BCUT2D eigenvalue weighted by Gasteiger charge is -2.15. The second-order valence-corrected chi connectivity index (χ2v) is 10.5. The number of carbonyl (C=O) groups excluding carboxylic acids is 1. The van der Waals surface area contributed by atoms with Gasteiger partial charge in [-0.2, -0.15) is 0 Å². The quantitative estimate of drug-likeness (QED) is 0.209. The van der Waals surface area contributed by atoms with Gasteiger partial charge < -0.3 is 4.74 Å². The summed E-state index contributed by atoms with van der Waals surface area (Å²) < 4.78 is 6.99. The number of ether oxygens (including phenoxy) is 1. The number of hydrogen-bond donors (Lipinski definition) is 0. The molecular weight excluding hydrogens is 623 g/mol. The lowest BCUT2D eigenvalue weighted by molar-refractivity contribution is -0.113. The van der Waals surface area contributed by atoms with Gasteiger partial charge in [0.1, 0.15) is 12.4 Å². The van der Waals surface area contributed by atoms with Gasteiger partial charge >= 0.3 is 0 Å². The van der Waals surface area contributed by atoms with E-state index in [2.05, 4.69) is 37.8 Å². The summed E-state index contributed by atoms with van der Waals surface area (Å²) in [5.41, 5.74) is 2.14. The summed E-state index contributed by atoms with van der Waals surface area (Å²) in [5, 5.41) is 1.71. The second kappa shape index (κ2) is 11.0. The Balaban J connectivity index is 1.74. The molecule has 1 aliphatic rings. The number of rotatable bonds is 5. The predicted molar refractivity (Wildman–Crippen MR) is 149 cm³/mol. The van der Waals surface area contributed by atoms with Crippen molar-refractivity contribution in [3.63, 3.8) is 0 Å². The van der Waals surface area contributed by atoms with Crippen LogP contribution in [0.4, 0.5) is 11.4 Å². The number of anilines is 1. The van der Waals surface area contributed by atoms with E-state index in [1.54, 1.807) is 59.5 Å². The zero-order chi connectivity index (χ0) is 24.2. The number of benzene rings is 3. The normalized spacial score (nSPS) is 15.7. The maximum absolute atomic E-state index is 13.5. The van der Waals surface area contributed by atoms with E-state index in [9.17, 15) is 4.79 Å². The van der Waals surface area contributed by atoms with Gasteiger partial charge in [-0.15, -0.1) is 6.42 Å². The topological polar surface area (TPSA) is 41.9 Å². The van der Waals surface area contributed by atoms with Crippen molar-refractivity contribution in [2.45, 2.75) is 0 Å². The minimum Gasteiger partial charge on any atom is -0.479 e. The molecule has 3 aromatic rings. The van der Waals surface area contributed by atoms with E-state index in [0.29, 0.717) is 46.2 Å². The zero-order valence-corrected chi connectivity index (χ0v) is 22.8. The fourth-order valence-electron chi connectivity index (χ4n) is 3.06. The molecule has 170 valence electrons. The lowest BCUT2D eigenvalue weighted by atomic mass is 10.2. The van der Waals surface area contributed by atoms with Crippen molar-refractivity contribution in [2.75, 3.05) is 11.5 Å². The number of amides is 1. The molecule has 3 aromatic carbocycles. The second-order valence-electron chi connectivity index (χ2n) is 6.90. The molecule has 0 unspecified atom stereocenters. The third kappa shape index (κ3) is 5.70. The van der Waals surface area contributed by atoms with E-state index < -0.39 is 0 Å². The fraction of sp³-hybridized carbons (Fsp3) is 0.0400. The Morgan fingerprint density at radius 3 is 2.21 bits per heavy atom. The van der Waals surface area contributed by atoms with E-state index in [4.69, 9.17) is 39.4 Å². The third-order valence-corrected chi connectivity index (χ3v) is 7.21. The number of halogens is 4. The van der Waals surface area contributed by atoms with Gasteiger partial charge in [-0.3, -0.25) is 9.69 Å². The molecule has 0 bridgehead atoms. The van der Waals surface area contributed by atoms with Gasteiger partial charge in [0.2, 0.25) is 0 Å². The van der Waals surface area contributed by atoms with Crippen LogP contribution < -0.4 is 9.64 Å². The molecule has 4 rings (SSSR count). The van der Waals surface area contributed by atoms with Crippen molar-refractivity contribution < 1.29 is 9.53 Å². The highest BCUT2D eigenvalue weighted by atomic mass is 79.9. The van der Waals surface area contributed by atoms with E-state index in [1.165, 1.54) is 11.8 Å². The van der Waals surface area contributed by atoms with Crippen LogP contribution in [0.5, 0.6) is 5.75 Å². The summed E-state index contributed by atoms with van der Waals surface area (Å²) in [4.78, 5) is 20.2. The summed E-state index contributed by atoms with van der Waals surface area (Å²) >= 11 is 20.4. The number of hydrogen-bond acceptors (Lipinski definition) is 4. The first-order chi connectivity index (χ1) is 16.4. The maximum Gasteiger partial charge on any atom is 0.271 e. The predicted octanol–water partition coefficient (Wildman–Crippen LogP) is 8.34. The van der Waals surface area contributed by atoms with Crippen LogP contribution in [0.1, 0.15) is 5.56 Å². The smallest absolute Gasteiger partial charge is 0.271 e. The fourth-order valence-corrected chi connectivity index (χ4v) is 5.76. The Morgan fingerprint density at radius 1 is 1.03 bits per heavy atom. The number of amidine groups is 1. The largest absolute Gasteiger partial charge is 0.479 e. The molecule has 0 atom stereocenters. The average molecular weight is 637 g/mol. The van der Waals surface area contributed by atoms with Crippen molar-refractivity contribution in [3.8, 4) is 18.1 Å². The molecule has 0 aromatic heterocycles. The van der Waals surface area contributed by atoms with Crippen molar-refractivity contribution in [3.05, 3.63) is 90.1 Å². The minimum absolute atomic E-state index is 0.145. The Kier molecular flexibility index (Phi) is 8.07. The molecule has 1 amide bonds. The molecule has 1 fully saturated rings. The summed E-state index contributed by atoms with van der Waals surface area (Å²) in [6, 6.07) is 17.9. The van der Waals surface area contributed by atoms with Crippen LogP contribution in [0, 0.1) is 12.3 Å². The number of carbonyl (C=O) groups is 1. The molecule has 9 heteroatoms. The first-order valence-corrected chi connectivity index (χ1v) is 12.9. The summed E-state index contributed by atoms with van der Waals surface area (Å²) in [5.74, 6) is 2.84. The highest BCUT2D eigenvalue weighted by Gasteiger charge is 2.34. The van der Waals surface area contributed by atoms with Gasteiger partial charge in [-0.1, -0.05) is 29.1 Å². The highest BCUT2D eigenvalue weighted by Crippen LogP contribution is 2.40. The van der Waals surface area contributed by atoms with Crippen molar-refractivity contribution in [2.24, 2.45) is 4.99 Å². The summed E-state index contributed by atoms with van der Waals surface area (Å²) in [6.07, 6.45) is 7.10. The Hall–Kier alpha value is -2.21. The van der Waals surface area contributed by atoms with Gasteiger partial charge in [0.25, 0.3) is 5.91 Å². The van der Waals surface area contributed by atoms with Crippen molar-refractivity contribution >= 4 is 95.3 Å². The first kappa shape index (κ1) is 24.9. The van der Waals surface area contributed by atoms with Gasteiger partial charge in [0, 0.05) is 10.0 Å². The Labute approximate surface area is 228 Å². The maximum atomic E-state index is 13.5. The van der Waals surface area contributed by atoms with E-state index in [-0.39, 0.29) is 12.5 Å². The van der Waals surface area contributed by atoms with Crippen LogP contribution in [0.25, 0.3) is 6.08 Å². The molecule has 0 aliphatic carbocycles. The molecule has 0 spiro atoms. The number of terminal acetylenes is 1. The van der Waals surface area contributed by atoms with Crippen LogP contribution in [0.2, 0.25) is 10.0 Å². The zero-order valence-electron chi connectivity index (χ0n) is 17.3. The lowest BCUT2D eigenvalue weighted by Crippen LogP contribution is -2.28. The monoisotopic (exact) mass is 634 g/mol. The molecule has 4 nitrogen and oxygen atoms in total. The summed E-state index contributed by atoms with van der Waals surface area (Å²) in [7, 11) is 0. The van der Waals surface area contributed by atoms with Crippen molar-refractivity contribution in [1.82, 2.24) is 0 Å². The third-order valence-electron chi connectivity index (χ3n) is 4.56. The van der Waals surface area contributed by atoms with Crippen LogP contribution in [-0.4, -0.2) is 17.7 Å². The number of aliphatic imine (C=N–C) groups is 1. The molecule has 0 N–H and O–H groups in total. The van der Waals surface area contributed by atoms with Crippen LogP contribution >= 0.6 is 66.8 Å². The van der Waals surface area contributed by atoms with Crippen LogP contribution in [0.3, 0.4) is 0 Å². The molecule has 0 saturated carbocycles. The van der Waals surface area contributed by atoms with E-state index in [0.717, 1.165) is 5.56 Å². The molecule has 34 heavy (non-hydrogen) atoms. The van der Waals surface area contributed by atoms with E-state index >= 15 is 0 Å². The molecule has 1 aliphatic heterocycles. The Bertz CT molecular complexity index is 1330. The standard InChI is InChI=1S/C25H14Br2Cl2N2O2S/c1-2-11-33-23-20(26)12-15(13-21(23)27)14-22-24(32)31(19-9-5-17(29)6-10-19)25(34-22)30-18-7-3-16(28)4-8-18/h1,3-10,12-14H,11H2/b22-14-,30-25?. The number of nitrogens with zero attached hydrogens (tertiary/aromatic N) is 2. The Morgan fingerprint density at radius 2 is 1.62 bits per heavy atom. The SMILES string of the molecule is C#CCOc1c(Br)cc(/C=C2\SC(=Nc3ccc(Cl)cc3)N(c3ccc(Cl)cc3)C2=O)cc1Br. The summed E-state index contributed by atoms with van der Waals surface area (Å²) in [6.45, 7) is 0.145. The van der Waals surface area contributed by atoms with Gasteiger partial charge in [-0.05, 0) is 116 Å².